The van der Waals surface area contributed by atoms with E-state index in [1.54, 1.807) is 24.4 Å². The fourth-order valence-electron chi connectivity index (χ4n) is 3.39. The smallest absolute Gasteiger partial charge is 0.405 e. The maximum atomic E-state index is 11.5. The van der Waals surface area contributed by atoms with Gasteiger partial charge in [0.15, 0.2) is 5.58 Å². The van der Waals surface area contributed by atoms with Crippen molar-refractivity contribution in [3.63, 3.8) is 0 Å². The highest BCUT2D eigenvalue weighted by molar-refractivity contribution is 6.67. The van der Waals surface area contributed by atoms with Crippen molar-refractivity contribution in [2.45, 2.75) is 12.5 Å². The summed E-state index contributed by atoms with van der Waals surface area (Å²) < 4.78 is 5.42. The molecule has 0 spiro atoms. The summed E-state index contributed by atoms with van der Waals surface area (Å²) in [6.45, 7) is 0. The Labute approximate surface area is 176 Å². The molecule has 0 unspecified atom stereocenters. The van der Waals surface area contributed by atoms with E-state index in [2.05, 4.69) is 15.5 Å². The zero-order valence-corrected chi connectivity index (χ0v) is 16.3. The molecule has 1 atom stereocenters. The van der Waals surface area contributed by atoms with E-state index >= 15 is 0 Å². The number of carbonyl (C=O) groups is 2. The van der Waals surface area contributed by atoms with Crippen LogP contribution in [-0.4, -0.2) is 26.6 Å². The SMILES string of the molecule is O=C(O)N[C@@H](Cc1ccccn1)c1ccccc1-c1noc2cc(C(=O)Cl)ccc12. The lowest BCUT2D eigenvalue weighted by Crippen LogP contribution is -2.29. The van der Waals surface area contributed by atoms with Crippen molar-refractivity contribution >= 4 is 33.9 Å². The van der Waals surface area contributed by atoms with Crippen LogP contribution in [0.25, 0.3) is 22.2 Å². The van der Waals surface area contributed by atoms with Gasteiger partial charge in [-0.05, 0) is 47.5 Å². The molecule has 4 rings (SSSR count). The lowest BCUT2D eigenvalue weighted by atomic mass is 9.93. The van der Waals surface area contributed by atoms with Gasteiger partial charge in [-0.3, -0.25) is 9.78 Å². The predicted molar refractivity (Wildman–Crippen MR) is 111 cm³/mol. The van der Waals surface area contributed by atoms with Gasteiger partial charge in [0.25, 0.3) is 5.24 Å². The number of pyridine rings is 1. The Kier molecular flexibility index (Phi) is 5.45. The van der Waals surface area contributed by atoms with Crippen molar-refractivity contribution in [1.29, 1.82) is 0 Å². The number of carbonyl (C=O) groups excluding carboxylic acids is 1. The van der Waals surface area contributed by atoms with E-state index in [4.69, 9.17) is 16.1 Å². The molecule has 4 aromatic rings. The summed E-state index contributed by atoms with van der Waals surface area (Å²) in [5, 5.41) is 16.2. The van der Waals surface area contributed by atoms with Gasteiger partial charge in [0.05, 0.1) is 6.04 Å². The van der Waals surface area contributed by atoms with Crippen molar-refractivity contribution in [3.05, 3.63) is 83.7 Å². The van der Waals surface area contributed by atoms with Gasteiger partial charge in [0.2, 0.25) is 0 Å². The van der Waals surface area contributed by atoms with Crippen molar-refractivity contribution in [1.82, 2.24) is 15.5 Å². The fourth-order valence-corrected chi connectivity index (χ4v) is 3.50. The molecule has 8 heteroatoms. The number of benzene rings is 2. The molecule has 2 heterocycles. The third kappa shape index (κ3) is 4.01. The molecule has 0 saturated carbocycles. The topological polar surface area (TPSA) is 105 Å². The lowest BCUT2D eigenvalue weighted by Gasteiger charge is -2.20. The molecular formula is C22H16ClN3O4. The number of carboxylic acid groups (broad SMARTS) is 1. The van der Waals surface area contributed by atoms with E-state index in [0.717, 1.165) is 16.8 Å². The van der Waals surface area contributed by atoms with Crippen LogP contribution >= 0.6 is 11.6 Å². The quantitative estimate of drug-likeness (QED) is 0.432. The van der Waals surface area contributed by atoms with E-state index in [1.807, 2.05) is 36.4 Å². The van der Waals surface area contributed by atoms with Crippen LogP contribution in [0, 0.1) is 0 Å². The van der Waals surface area contributed by atoms with Gasteiger partial charge >= 0.3 is 6.09 Å². The van der Waals surface area contributed by atoms with Crippen LogP contribution in [0.4, 0.5) is 4.79 Å². The first-order chi connectivity index (χ1) is 14.5. The Hall–Kier alpha value is -3.71. The Balaban J connectivity index is 1.80. The van der Waals surface area contributed by atoms with Crippen LogP contribution in [0.1, 0.15) is 27.7 Å². The third-order valence-electron chi connectivity index (χ3n) is 4.73. The average Bonchev–Trinajstić information content (AvgIpc) is 3.17. The van der Waals surface area contributed by atoms with Crippen molar-refractivity contribution in [2.75, 3.05) is 0 Å². The number of nitrogens with one attached hydrogen (secondary N) is 1. The first kappa shape index (κ1) is 19.6. The van der Waals surface area contributed by atoms with E-state index in [1.165, 1.54) is 6.07 Å². The average molecular weight is 422 g/mol. The van der Waals surface area contributed by atoms with Crippen LogP contribution in [-0.2, 0) is 6.42 Å². The van der Waals surface area contributed by atoms with Crippen LogP contribution in [0.3, 0.4) is 0 Å². The maximum Gasteiger partial charge on any atom is 0.405 e. The molecule has 0 saturated heterocycles. The minimum atomic E-state index is -1.14. The second-order valence-corrected chi connectivity index (χ2v) is 6.97. The molecule has 0 aliphatic rings. The van der Waals surface area contributed by atoms with E-state index in [-0.39, 0.29) is 0 Å². The van der Waals surface area contributed by atoms with E-state index < -0.39 is 17.4 Å². The molecule has 0 bridgehead atoms. The summed E-state index contributed by atoms with van der Waals surface area (Å²) in [7, 11) is 0. The molecule has 7 nitrogen and oxygen atoms in total. The Morgan fingerprint density at radius 1 is 1.10 bits per heavy atom. The summed E-state index contributed by atoms with van der Waals surface area (Å²) in [6.07, 6.45) is 0.895. The standard InChI is InChI=1S/C22H16ClN3O4/c23-21(27)13-8-9-17-19(11-13)30-26-20(17)16-7-2-1-6-15(16)18(25-22(28)29)12-14-5-3-4-10-24-14/h1-11,18,25H,12H2,(H,28,29)/t18-/m0/s1. The molecule has 2 aromatic heterocycles. The van der Waals surface area contributed by atoms with Crippen LogP contribution < -0.4 is 5.32 Å². The molecule has 0 radical (unpaired) electrons. The molecular weight excluding hydrogens is 406 g/mol. The van der Waals surface area contributed by atoms with Crippen LogP contribution in [0.5, 0.6) is 0 Å². The molecule has 30 heavy (non-hydrogen) atoms. The highest BCUT2D eigenvalue weighted by atomic mass is 35.5. The highest BCUT2D eigenvalue weighted by Gasteiger charge is 2.22. The number of hydrogen-bond acceptors (Lipinski definition) is 5. The van der Waals surface area contributed by atoms with Gasteiger partial charge in [-0.15, -0.1) is 0 Å². The Bertz CT molecular complexity index is 1220. The zero-order valence-electron chi connectivity index (χ0n) is 15.6. The second-order valence-electron chi connectivity index (χ2n) is 6.63. The summed E-state index contributed by atoms with van der Waals surface area (Å²) in [5.74, 6) is 0. The lowest BCUT2D eigenvalue weighted by molar-refractivity contribution is 0.108. The second kappa shape index (κ2) is 8.34. The Morgan fingerprint density at radius 3 is 2.63 bits per heavy atom. The largest absolute Gasteiger partial charge is 0.465 e. The van der Waals surface area contributed by atoms with Gasteiger partial charge in [-0.25, -0.2) is 4.79 Å². The van der Waals surface area contributed by atoms with Gasteiger partial charge in [-0.1, -0.05) is 35.5 Å². The zero-order chi connectivity index (χ0) is 21.1. The molecule has 2 N–H and O–H groups in total. The number of hydrogen-bond donors (Lipinski definition) is 2. The summed E-state index contributed by atoms with van der Waals surface area (Å²) in [5.41, 5.74) is 3.47. The van der Waals surface area contributed by atoms with Gasteiger partial charge in [-0.2, -0.15) is 0 Å². The minimum absolute atomic E-state index is 0.306. The predicted octanol–water partition coefficient (Wildman–Crippen LogP) is 4.82. The molecule has 1 amide bonds. The monoisotopic (exact) mass is 421 g/mol. The first-order valence-electron chi connectivity index (χ1n) is 9.11. The minimum Gasteiger partial charge on any atom is -0.465 e. The van der Waals surface area contributed by atoms with Gasteiger partial charge in [0.1, 0.15) is 5.69 Å². The number of aromatic nitrogens is 2. The Morgan fingerprint density at radius 2 is 1.90 bits per heavy atom. The van der Waals surface area contributed by atoms with E-state index in [9.17, 15) is 14.7 Å². The summed E-state index contributed by atoms with van der Waals surface area (Å²) >= 11 is 5.55. The molecule has 0 aliphatic carbocycles. The number of rotatable bonds is 6. The molecule has 0 fully saturated rings. The maximum absolute atomic E-state index is 11.5. The molecule has 2 aromatic carbocycles. The first-order valence-corrected chi connectivity index (χ1v) is 9.48. The number of halogens is 1. The molecule has 150 valence electrons. The van der Waals surface area contributed by atoms with E-state index in [0.29, 0.717) is 28.6 Å². The van der Waals surface area contributed by atoms with Crippen molar-refractivity contribution in [2.24, 2.45) is 0 Å². The fraction of sp³-hybridized carbons (Fsp3) is 0.0909. The van der Waals surface area contributed by atoms with Gasteiger partial charge < -0.3 is 14.9 Å². The normalized spacial score (nSPS) is 11.9. The number of nitrogens with zero attached hydrogens (tertiary/aromatic N) is 2. The molecule has 0 aliphatic heterocycles. The number of fused-ring (bicyclic) bond motifs is 1. The van der Waals surface area contributed by atoms with Crippen LogP contribution in [0.15, 0.2) is 71.4 Å². The summed E-state index contributed by atoms with van der Waals surface area (Å²) in [4.78, 5) is 27.2. The van der Waals surface area contributed by atoms with Gasteiger partial charge in [0, 0.05) is 34.8 Å². The van der Waals surface area contributed by atoms with Crippen LogP contribution in [0.2, 0.25) is 0 Å². The third-order valence-corrected chi connectivity index (χ3v) is 4.95. The number of amides is 1. The van der Waals surface area contributed by atoms with Crippen molar-refractivity contribution in [3.8, 4) is 11.3 Å². The highest BCUT2D eigenvalue weighted by Crippen LogP contribution is 2.34. The van der Waals surface area contributed by atoms with Crippen molar-refractivity contribution < 1.29 is 19.2 Å². The summed E-state index contributed by atoms with van der Waals surface area (Å²) in [6, 6.07) is 17.2.